The number of hydrogen-bond donors (Lipinski definition) is 1. The first kappa shape index (κ1) is 12.3. The average Bonchev–Trinajstić information content (AvgIpc) is 2.29. The summed E-state index contributed by atoms with van der Waals surface area (Å²) in [7, 11) is 1.65. The van der Waals surface area contributed by atoms with Gasteiger partial charge in [-0.25, -0.2) is 0 Å². The maximum absolute atomic E-state index is 10.6. The molecule has 86 valence electrons. The van der Waals surface area contributed by atoms with Crippen molar-refractivity contribution in [1.29, 1.82) is 0 Å². The van der Waals surface area contributed by atoms with Crippen LogP contribution in [0.5, 0.6) is 5.75 Å². The molecule has 1 amide bonds. The zero-order chi connectivity index (χ0) is 11.8. The highest BCUT2D eigenvalue weighted by Gasteiger charge is 1.90. The number of benzene rings is 1. The zero-order valence-corrected chi connectivity index (χ0v) is 9.69. The first-order valence-corrected chi connectivity index (χ1v) is 5.27. The lowest BCUT2D eigenvalue weighted by atomic mass is 10.2. The molecule has 3 nitrogen and oxygen atoms in total. The topological polar surface area (TPSA) is 38.3 Å². The minimum absolute atomic E-state index is 0.0119. The monoisotopic (exact) mass is 219 g/mol. The van der Waals surface area contributed by atoms with Gasteiger partial charge in [0.05, 0.1) is 7.11 Å². The van der Waals surface area contributed by atoms with E-state index >= 15 is 0 Å². The van der Waals surface area contributed by atoms with E-state index in [2.05, 4.69) is 5.32 Å². The minimum Gasteiger partial charge on any atom is -0.497 e. The van der Waals surface area contributed by atoms with Crippen LogP contribution in [0.4, 0.5) is 0 Å². The number of methoxy groups -OCH3 is 1. The third kappa shape index (κ3) is 4.64. The molecule has 3 heteroatoms. The van der Waals surface area contributed by atoms with E-state index in [1.807, 2.05) is 36.4 Å². The van der Waals surface area contributed by atoms with E-state index in [-0.39, 0.29) is 5.91 Å². The second-order valence-corrected chi connectivity index (χ2v) is 3.45. The average molecular weight is 219 g/mol. The summed E-state index contributed by atoms with van der Waals surface area (Å²) in [6, 6.07) is 7.84. The van der Waals surface area contributed by atoms with Gasteiger partial charge in [-0.2, -0.15) is 0 Å². The van der Waals surface area contributed by atoms with E-state index in [1.165, 1.54) is 6.92 Å². The van der Waals surface area contributed by atoms with Gasteiger partial charge in [0, 0.05) is 13.5 Å². The highest BCUT2D eigenvalue weighted by molar-refractivity contribution is 5.72. The summed E-state index contributed by atoms with van der Waals surface area (Å²) < 4.78 is 5.07. The highest BCUT2D eigenvalue weighted by Crippen LogP contribution is 2.12. The molecule has 16 heavy (non-hydrogen) atoms. The maximum atomic E-state index is 10.6. The number of carbonyl (C=O) groups excluding carboxylic acids is 1. The lowest BCUT2D eigenvalue weighted by molar-refractivity contribution is -0.118. The molecule has 0 saturated carbocycles. The Labute approximate surface area is 96.1 Å². The molecule has 0 spiro atoms. The molecule has 1 aromatic rings. The Morgan fingerprint density at radius 1 is 1.38 bits per heavy atom. The van der Waals surface area contributed by atoms with E-state index < -0.39 is 0 Å². The van der Waals surface area contributed by atoms with Crippen LogP contribution in [0.1, 0.15) is 18.9 Å². The van der Waals surface area contributed by atoms with Crippen molar-refractivity contribution in [3.8, 4) is 5.75 Å². The lowest BCUT2D eigenvalue weighted by Gasteiger charge is -1.99. The highest BCUT2D eigenvalue weighted by atomic mass is 16.5. The van der Waals surface area contributed by atoms with Crippen LogP contribution in [0.15, 0.2) is 30.3 Å². The Bertz CT molecular complexity index is 355. The third-order valence-electron chi connectivity index (χ3n) is 2.11. The minimum atomic E-state index is 0.0119. The van der Waals surface area contributed by atoms with Crippen LogP contribution in [-0.2, 0) is 4.79 Å². The molecular formula is C13H17NO2. The van der Waals surface area contributed by atoms with Crippen LogP contribution in [-0.4, -0.2) is 19.6 Å². The van der Waals surface area contributed by atoms with Gasteiger partial charge in [-0.15, -0.1) is 0 Å². The molecule has 1 N–H and O–H groups in total. The largest absolute Gasteiger partial charge is 0.497 e. The van der Waals surface area contributed by atoms with Gasteiger partial charge in [-0.3, -0.25) is 4.79 Å². The van der Waals surface area contributed by atoms with E-state index in [0.717, 1.165) is 17.7 Å². The molecule has 1 aromatic carbocycles. The van der Waals surface area contributed by atoms with Crippen LogP contribution in [0.2, 0.25) is 0 Å². The fourth-order valence-electron chi connectivity index (χ4n) is 1.27. The van der Waals surface area contributed by atoms with Gasteiger partial charge < -0.3 is 10.1 Å². The third-order valence-corrected chi connectivity index (χ3v) is 2.11. The quantitative estimate of drug-likeness (QED) is 0.771. The summed E-state index contributed by atoms with van der Waals surface area (Å²) in [5, 5.41) is 2.74. The Hall–Kier alpha value is -1.77. The molecule has 0 unspecified atom stereocenters. The predicted octanol–water partition coefficient (Wildman–Crippen LogP) is 2.23. The predicted molar refractivity (Wildman–Crippen MR) is 65.3 cm³/mol. The maximum Gasteiger partial charge on any atom is 0.216 e. The van der Waals surface area contributed by atoms with Gasteiger partial charge >= 0.3 is 0 Å². The molecule has 0 radical (unpaired) electrons. The lowest BCUT2D eigenvalue weighted by Crippen LogP contribution is -2.20. The molecule has 0 bridgehead atoms. The molecule has 1 rings (SSSR count). The van der Waals surface area contributed by atoms with Crippen molar-refractivity contribution in [2.75, 3.05) is 13.7 Å². The summed E-state index contributed by atoms with van der Waals surface area (Å²) >= 11 is 0. The number of carbonyl (C=O) groups is 1. The number of ether oxygens (including phenoxy) is 1. The summed E-state index contributed by atoms with van der Waals surface area (Å²) in [6.45, 7) is 2.20. The number of amides is 1. The molecule has 0 aliphatic carbocycles. The Morgan fingerprint density at radius 3 is 2.62 bits per heavy atom. The number of rotatable bonds is 5. The van der Waals surface area contributed by atoms with E-state index in [9.17, 15) is 4.79 Å². The zero-order valence-electron chi connectivity index (χ0n) is 9.69. The molecular weight excluding hydrogens is 202 g/mol. The number of hydrogen-bond acceptors (Lipinski definition) is 2. The normalized spacial score (nSPS) is 10.4. The molecule has 0 aliphatic rings. The first-order chi connectivity index (χ1) is 7.72. The first-order valence-electron chi connectivity index (χ1n) is 5.27. The van der Waals surface area contributed by atoms with Gasteiger partial charge in [-0.05, 0) is 24.1 Å². The van der Waals surface area contributed by atoms with Crippen molar-refractivity contribution in [1.82, 2.24) is 5.32 Å². The fourth-order valence-corrected chi connectivity index (χ4v) is 1.27. The van der Waals surface area contributed by atoms with Gasteiger partial charge in [0.2, 0.25) is 5.91 Å². The molecule has 0 atom stereocenters. The Balaban J connectivity index is 2.35. The van der Waals surface area contributed by atoms with E-state index in [1.54, 1.807) is 7.11 Å². The van der Waals surface area contributed by atoms with Gasteiger partial charge in [0.15, 0.2) is 0 Å². The molecule has 0 aromatic heterocycles. The van der Waals surface area contributed by atoms with Gasteiger partial charge in [0.1, 0.15) is 5.75 Å². The van der Waals surface area contributed by atoms with Crippen LogP contribution in [0.25, 0.3) is 6.08 Å². The second-order valence-electron chi connectivity index (χ2n) is 3.45. The molecule has 0 heterocycles. The smallest absolute Gasteiger partial charge is 0.216 e. The van der Waals surface area contributed by atoms with Crippen LogP contribution in [0.3, 0.4) is 0 Å². The Morgan fingerprint density at radius 2 is 2.06 bits per heavy atom. The Kier molecular flexibility index (Phi) is 5.12. The SMILES string of the molecule is COc1ccc(/C=C\CCNC(C)=O)cc1. The molecule has 0 saturated heterocycles. The van der Waals surface area contributed by atoms with Crippen LogP contribution in [0, 0.1) is 0 Å². The van der Waals surface area contributed by atoms with Gasteiger partial charge in [-0.1, -0.05) is 24.3 Å². The van der Waals surface area contributed by atoms with Crippen molar-refractivity contribution in [3.05, 3.63) is 35.9 Å². The van der Waals surface area contributed by atoms with Crippen molar-refractivity contribution < 1.29 is 9.53 Å². The van der Waals surface area contributed by atoms with Crippen molar-refractivity contribution in [2.24, 2.45) is 0 Å². The number of nitrogens with one attached hydrogen (secondary N) is 1. The van der Waals surface area contributed by atoms with Crippen molar-refractivity contribution >= 4 is 12.0 Å². The van der Waals surface area contributed by atoms with E-state index in [0.29, 0.717) is 6.54 Å². The summed E-state index contributed by atoms with van der Waals surface area (Å²) in [5.74, 6) is 0.869. The standard InChI is InChI=1S/C13H17NO2/c1-11(15)14-10-4-3-5-12-6-8-13(16-2)9-7-12/h3,5-9H,4,10H2,1-2H3,(H,14,15)/b5-3-. The van der Waals surface area contributed by atoms with Crippen molar-refractivity contribution in [3.63, 3.8) is 0 Å². The molecule has 0 aliphatic heterocycles. The van der Waals surface area contributed by atoms with Crippen LogP contribution >= 0.6 is 0 Å². The van der Waals surface area contributed by atoms with Gasteiger partial charge in [0.25, 0.3) is 0 Å². The summed E-state index contributed by atoms with van der Waals surface area (Å²) in [4.78, 5) is 10.6. The second kappa shape index (κ2) is 6.67. The molecule has 0 fully saturated rings. The fraction of sp³-hybridized carbons (Fsp3) is 0.308. The van der Waals surface area contributed by atoms with E-state index in [4.69, 9.17) is 4.74 Å². The van der Waals surface area contributed by atoms with Crippen molar-refractivity contribution in [2.45, 2.75) is 13.3 Å². The summed E-state index contributed by atoms with van der Waals surface area (Å²) in [5.41, 5.74) is 1.13. The summed E-state index contributed by atoms with van der Waals surface area (Å²) in [6.07, 6.45) is 4.91. The van der Waals surface area contributed by atoms with Crippen LogP contribution < -0.4 is 10.1 Å².